The van der Waals surface area contributed by atoms with Gasteiger partial charge in [-0.05, 0) is 36.6 Å². The van der Waals surface area contributed by atoms with Crippen molar-refractivity contribution < 1.29 is 22.3 Å². The maximum absolute atomic E-state index is 12.0. The lowest BCUT2D eigenvalue weighted by atomic mass is 10.1. The molecule has 18 heavy (non-hydrogen) atoms. The van der Waals surface area contributed by atoms with Crippen molar-refractivity contribution in [2.75, 3.05) is 6.54 Å². The quantitative estimate of drug-likeness (QED) is 0.854. The lowest BCUT2D eigenvalue weighted by Gasteiger charge is -2.12. The number of aliphatic hydroxyl groups excluding tert-OH is 1. The summed E-state index contributed by atoms with van der Waals surface area (Å²) < 4.78 is 49.6. The first-order valence-electron chi connectivity index (χ1n) is 5.26. The molecule has 0 aliphatic carbocycles. The average molecular weight is 279 g/mol. The highest BCUT2D eigenvalue weighted by Gasteiger charge is 2.20. The molecule has 0 aromatic heterocycles. The SMILES string of the molecule is Cc1cc(CO)cc(S(=O)(=O)NCC(F)F)c1C. The number of aryl methyl sites for hydroxylation is 1. The molecule has 0 saturated heterocycles. The normalized spacial score (nSPS) is 12.1. The second kappa shape index (κ2) is 5.73. The largest absolute Gasteiger partial charge is 0.392 e. The Bertz CT molecular complexity index is 529. The minimum absolute atomic E-state index is 0.0767. The summed E-state index contributed by atoms with van der Waals surface area (Å²) in [7, 11) is -3.98. The van der Waals surface area contributed by atoms with Crippen LogP contribution in [0, 0.1) is 13.8 Å². The zero-order chi connectivity index (χ0) is 13.9. The van der Waals surface area contributed by atoms with E-state index in [0.29, 0.717) is 16.7 Å². The monoisotopic (exact) mass is 279 g/mol. The van der Waals surface area contributed by atoms with Crippen LogP contribution in [0.15, 0.2) is 17.0 Å². The van der Waals surface area contributed by atoms with Crippen LogP contribution >= 0.6 is 0 Å². The number of aliphatic hydroxyl groups is 1. The molecule has 102 valence electrons. The fraction of sp³-hybridized carbons (Fsp3) is 0.455. The number of alkyl halides is 2. The fourth-order valence-electron chi connectivity index (χ4n) is 1.52. The predicted octanol–water partition coefficient (Wildman–Crippen LogP) is 1.34. The van der Waals surface area contributed by atoms with Crippen LogP contribution in [0.1, 0.15) is 16.7 Å². The maximum Gasteiger partial charge on any atom is 0.251 e. The summed E-state index contributed by atoms with van der Waals surface area (Å²) in [6.07, 6.45) is -2.75. The second-order valence-electron chi connectivity index (χ2n) is 3.94. The van der Waals surface area contributed by atoms with Crippen LogP contribution in [-0.2, 0) is 16.6 Å². The number of benzene rings is 1. The molecule has 2 N–H and O–H groups in total. The number of rotatable bonds is 5. The van der Waals surface area contributed by atoms with E-state index in [1.807, 2.05) is 4.72 Å². The molecular weight excluding hydrogens is 264 g/mol. The Labute approximate surface area is 105 Å². The van der Waals surface area contributed by atoms with Crippen LogP contribution in [0.2, 0.25) is 0 Å². The minimum atomic E-state index is -3.98. The van der Waals surface area contributed by atoms with Crippen LogP contribution in [-0.4, -0.2) is 26.5 Å². The van der Waals surface area contributed by atoms with Crippen LogP contribution in [0.4, 0.5) is 8.78 Å². The Morgan fingerprint density at radius 1 is 1.33 bits per heavy atom. The first kappa shape index (κ1) is 15.0. The van der Waals surface area contributed by atoms with Gasteiger partial charge in [-0.25, -0.2) is 21.9 Å². The van der Waals surface area contributed by atoms with Crippen LogP contribution in [0.3, 0.4) is 0 Å². The molecule has 4 nitrogen and oxygen atoms in total. The molecule has 0 fully saturated rings. The fourth-order valence-corrected chi connectivity index (χ4v) is 2.89. The van der Waals surface area contributed by atoms with Crippen LogP contribution in [0.25, 0.3) is 0 Å². The van der Waals surface area contributed by atoms with E-state index in [9.17, 15) is 17.2 Å². The van der Waals surface area contributed by atoms with E-state index in [0.717, 1.165) is 0 Å². The third kappa shape index (κ3) is 3.47. The van der Waals surface area contributed by atoms with Crippen molar-refractivity contribution in [2.45, 2.75) is 31.8 Å². The van der Waals surface area contributed by atoms with Crippen molar-refractivity contribution in [3.05, 3.63) is 28.8 Å². The molecule has 0 aliphatic heterocycles. The van der Waals surface area contributed by atoms with Gasteiger partial charge in [-0.3, -0.25) is 0 Å². The Hall–Kier alpha value is -1.05. The van der Waals surface area contributed by atoms with E-state index in [2.05, 4.69) is 0 Å². The molecule has 0 aliphatic rings. The molecule has 0 radical (unpaired) electrons. The lowest BCUT2D eigenvalue weighted by molar-refractivity contribution is 0.153. The molecule has 1 aromatic rings. The van der Waals surface area contributed by atoms with Gasteiger partial charge < -0.3 is 5.11 Å². The lowest BCUT2D eigenvalue weighted by Crippen LogP contribution is -2.29. The highest BCUT2D eigenvalue weighted by Crippen LogP contribution is 2.21. The van der Waals surface area contributed by atoms with Gasteiger partial charge in [0.2, 0.25) is 10.0 Å². The summed E-state index contributed by atoms with van der Waals surface area (Å²) in [5.41, 5.74) is 1.59. The van der Waals surface area contributed by atoms with E-state index in [1.54, 1.807) is 19.9 Å². The van der Waals surface area contributed by atoms with Crippen LogP contribution in [0.5, 0.6) is 0 Å². The predicted molar refractivity (Wildman–Crippen MR) is 63.0 cm³/mol. The highest BCUT2D eigenvalue weighted by atomic mass is 32.2. The summed E-state index contributed by atoms with van der Waals surface area (Å²) in [5, 5.41) is 9.03. The Morgan fingerprint density at radius 3 is 2.44 bits per heavy atom. The van der Waals surface area contributed by atoms with Crippen molar-refractivity contribution in [3.63, 3.8) is 0 Å². The molecule has 0 atom stereocenters. The number of hydrogen-bond acceptors (Lipinski definition) is 3. The van der Waals surface area contributed by atoms with Gasteiger partial charge in [0, 0.05) is 0 Å². The van der Waals surface area contributed by atoms with Gasteiger partial charge >= 0.3 is 0 Å². The smallest absolute Gasteiger partial charge is 0.251 e. The average Bonchev–Trinajstić information content (AvgIpc) is 2.29. The summed E-state index contributed by atoms with van der Waals surface area (Å²) in [4.78, 5) is -0.0767. The van der Waals surface area contributed by atoms with E-state index in [-0.39, 0.29) is 11.5 Å². The molecule has 0 unspecified atom stereocenters. The summed E-state index contributed by atoms with van der Waals surface area (Å²) in [6.45, 7) is 2.05. The van der Waals surface area contributed by atoms with Crippen molar-refractivity contribution in [2.24, 2.45) is 0 Å². The van der Waals surface area contributed by atoms with Gasteiger partial charge in [0.1, 0.15) is 0 Å². The maximum atomic E-state index is 12.0. The van der Waals surface area contributed by atoms with Crippen molar-refractivity contribution in [3.8, 4) is 0 Å². The summed E-state index contributed by atoms with van der Waals surface area (Å²) in [6, 6.07) is 2.94. The van der Waals surface area contributed by atoms with Crippen LogP contribution < -0.4 is 4.72 Å². The Morgan fingerprint density at radius 2 is 1.94 bits per heavy atom. The summed E-state index contributed by atoms with van der Waals surface area (Å²) in [5.74, 6) is 0. The summed E-state index contributed by atoms with van der Waals surface area (Å²) >= 11 is 0. The van der Waals surface area contributed by atoms with Gasteiger partial charge in [-0.1, -0.05) is 6.07 Å². The van der Waals surface area contributed by atoms with Gasteiger partial charge in [0.25, 0.3) is 6.43 Å². The molecule has 0 bridgehead atoms. The highest BCUT2D eigenvalue weighted by molar-refractivity contribution is 7.89. The molecule has 7 heteroatoms. The van der Waals surface area contributed by atoms with Crippen molar-refractivity contribution >= 4 is 10.0 Å². The third-order valence-electron chi connectivity index (χ3n) is 2.58. The van der Waals surface area contributed by atoms with E-state index in [4.69, 9.17) is 5.11 Å². The van der Waals surface area contributed by atoms with Gasteiger partial charge in [-0.2, -0.15) is 0 Å². The Balaban J connectivity index is 3.19. The standard InChI is InChI=1S/C11H15F2NO3S/c1-7-3-9(6-15)4-10(8(7)2)18(16,17)14-5-11(12)13/h3-4,11,14-15H,5-6H2,1-2H3. The molecule has 0 amide bonds. The topological polar surface area (TPSA) is 66.4 Å². The Kier molecular flexibility index (Phi) is 4.78. The number of sulfonamides is 1. The first-order valence-corrected chi connectivity index (χ1v) is 6.75. The zero-order valence-corrected chi connectivity index (χ0v) is 10.9. The van der Waals surface area contributed by atoms with Gasteiger partial charge in [-0.15, -0.1) is 0 Å². The number of nitrogens with one attached hydrogen (secondary N) is 1. The molecule has 0 spiro atoms. The molecule has 1 aromatic carbocycles. The van der Waals surface area contributed by atoms with E-state index in [1.165, 1.54) is 6.07 Å². The number of halogens is 2. The van der Waals surface area contributed by atoms with E-state index < -0.39 is 23.0 Å². The minimum Gasteiger partial charge on any atom is -0.392 e. The van der Waals surface area contributed by atoms with Crippen molar-refractivity contribution in [1.82, 2.24) is 4.72 Å². The molecule has 0 heterocycles. The first-order chi connectivity index (χ1) is 8.27. The van der Waals surface area contributed by atoms with E-state index >= 15 is 0 Å². The van der Waals surface area contributed by atoms with Gasteiger partial charge in [0.15, 0.2) is 0 Å². The van der Waals surface area contributed by atoms with Gasteiger partial charge in [0.05, 0.1) is 18.0 Å². The second-order valence-corrected chi connectivity index (χ2v) is 5.67. The number of hydrogen-bond donors (Lipinski definition) is 2. The molecular formula is C11H15F2NO3S. The third-order valence-corrected chi connectivity index (χ3v) is 4.13. The molecule has 1 rings (SSSR count). The van der Waals surface area contributed by atoms with Crippen molar-refractivity contribution in [1.29, 1.82) is 0 Å². The zero-order valence-electron chi connectivity index (χ0n) is 10.1. The molecule has 0 saturated carbocycles.